The number of aromatic nitrogens is 1. The molecule has 0 aliphatic rings. The Morgan fingerprint density at radius 2 is 1.56 bits per heavy atom. The Bertz CT molecular complexity index is 660. The number of halogens is 2. The number of carbonyl (C=O) groups is 2. The van der Waals surface area contributed by atoms with E-state index in [0.29, 0.717) is 0 Å². The van der Waals surface area contributed by atoms with Gasteiger partial charge >= 0.3 is 0 Å². The van der Waals surface area contributed by atoms with E-state index in [2.05, 4.69) is 15.6 Å². The number of hydrogen-bond donors (Lipinski definition) is 3. The Kier molecular flexibility index (Phi) is 11.3. The molecule has 1 unspecified atom stereocenters. The summed E-state index contributed by atoms with van der Waals surface area (Å²) in [6, 6.07) is 12.4. The number of pyridine rings is 1. The number of nitrogens with two attached hydrogens (primary N) is 1. The summed E-state index contributed by atoms with van der Waals surface area (Å²) in [5.74, 6) is -0.600. The first-order valence-electron chi connectivity index (χ1n) is 8.26. The molecule has 1 aromatic carbocycles. The quantitative estimate of drug-likeness (QED) is 0.649. The van der Waals surface area contributed by atoms with Crippen molar-refractivity contribution in [3.63, 3.8) is 0 Å². The van der Waals surface area contributed by atoms with Gasteiger partial charge in [-0.25, -0.2) is 0 Å². The van der Waals surface area contributed by atoms with Gasteiger partial charge in [0.25, 0.3) is 0 Å². The van der Waals surface area contributed by atoms with Crippen LogP contribution >= 0.6 is 24.8 Å². The third-order valence-electron chi connectivity index (χ3n) is 3.92. The van der Waals surface area contributed by atoms with Crippen LogP contribution in [0.4, 0.5) is 0 Å². The van der Waals surface area contributed by atoms with Crippen molar-refractivity contribution in [2.45, 2.75) is 25.9 Å². The summed E-state index contributed by atoms with van der Waals surface area (Å²) in [5, 5.41) is 5.53. The summed E-state index contributed by atoms with van der Waals surface area (Å²) in [5.41, 5.74) is 7.65. The van der Waals surface area contributed by atoms with E-state index in [4.69, 9.17) is 5.73 Å². The molecule has 2 amide bonds. The van der Waals surface area contributed by atoms with E-state index in [1.54, 1.807) is 12.4 Å². The lowest BCUT2D eigenvalue weighted by Gasteiger charge is -2.20. The van der Waals surface area contributed by atoms with E-state index in [1.165, 1.54) is 0 Å². The molecule has 0 fully saturated rings. The Labute approximate surface area is 172 Å². The second kappa shape index (κ2) is 12.3. The number of nitrogens with zero attached hydrogens (tertiary/aromatic N) is 1. The third kappa shape index (κ3) is 7.54. The zero-order valence-corrected chi connectivity index (χ0v) is 16.9. The van der Waals surface area contributed by atoms with E-state index >= 15 is 0 Å². The number of rotatable bonds is 7. The Hall–Kier alpha value is -2.15. The molecule has 0 radical (unpaired) electrons. The molecular formula is C19H26Cl2N4O2. The molecule has 6 nitrogen and oxygen atoms in total. The zero-order valence-electron chi connectivity index (χ0n) is 15.3. The number of benzene rings is 1. The van der Waals surface area contributed by atoms with E-state index in [-0.39, 0.29) is 55.1 Å². The number of nitrogens with one attached hydrogen (secondary N) is 2. The smallest absolute Gasteiger partial charge is 0.240 e. The fraction of sp³-hybridized carbons (Fsp3) is 0.316. The minimum atomic E-state index is -0.627. The van der Waals surface area contributed by atoms with Gasteiger partial charge in [-0.15, -0.1) is 24.8 Å². The lowest BCUT2D eigenvalue weighted by Crippen LogP contribution is -2.47. The highest BCUT2D eigenvalue weighted by atomic mass is 35.5. The van der Waals surface area contributed by atoms with Crippen molar-refractivity contribution in [1.82, 2.24) is 15.6 Å². The molecule has 0 saturated heterocycles. The molecule has 0 spiro atoms. The molecule has 8 heteroatoms. The third-order valence-corrected chi connectivity index (χ3v) is 3.92. The van der Waals surface area contributed by atoms with Gasteiger partial charge in [0.05, 0.1) is 18.6 Å². The summed E-state index contributed by atoms with van der Waals surface area (Å²) >= 11 is 0. The van der Waals surface area contributed by atoms with Gasteiger partial charge in [-0.2, -0.15) is 0 Å². The van der Waals surface area contributed by atoms with Crippen LogP contribution in [0.25, 0.3) is 0 Å². The normalized spacial score (nSPS) is 12.1. The molecule has 2 aromatic rings. The van der Waals surface area contributed by atoms with Gasteiger partial charge in [0.15, 0.2) is 0 Å². The van der Waals surface area contributed by atoms with Gasteiger partial charge in [-0.05, 0) is 29.2 Å². The average molecular weight is 413 g/mol. The van der Waals surface area contributed by atoms with Crippen molar-refractivity contribution in [2.75, 3.05) is 6.54 Å². The molecular weight excluding hydrogens is 387 g/mol. The van der Waals surface area contributed by atoms with Gasteiger partial charge < -0.3 is 16.4 Å². The van der Waals surface area contributed by atoms with Gasteiger partial charge in [0.1, 0.15) is 0 Å². The summed E-state index contributed by atoms with van der Waals surface area (Å²) in [6.45, 7) is 3.60. The van der Waals surface area contributed by atoms with Crippen molar-refractivity contribution in [3.05, 3.63) is 66.0 Å². The van der Waals surface area contributed by atoms with Crippen molar-refractivity contribution >= 4 is 36.6 Å². The van der Waals surface area contributed by atoms with Gasteiger partial charge in [-0.3, -0.25) is 14.6 Å². The lowest BCUT2D eigenvalue weighted by atomic mass is 9.99. The fourth-order valence-electron chi connectivity index (χ4n) is 2.36. The van der Waals surface area contributed by atoms with Crippen LogP contribution in [-0.2, 0) is 9.59 Å². The number of carbonyl (C=O) groups excluding carboxylic acids is 2. The Balaban J connectivity index is 0.00000338. The maximum atomic E-state index is 12.3. The molecule has 2 rings (SSSR count). The first-order chi connectivity index (χ1) is 12.0. The van der Waals surface area contributed by atoms with Crippen LogP contribution in [0, 0.1) is 5.92 Å². The minimum absolute atomic E-state index is 0. The Morgan fingerprint density at radius 3 is 2.11 bits per heavy atom. The van der Waals surface area contributed by atoms with Crippen molar-refractivity contribution in [2.24, 2.45) is 11.7 Å². The SMILES string of the molecule is CC(C)[C@H](N)C(=O)NCC(=O)NC(c1ccccc1)c1ccncc1.Cl.Cl. The van der Waals surface area contributed by atoms with Crippen LogP contribution in [0.2, 0.25) is 0 Å². The van der Waals surface area contributed by atoms with Crippen molar-refractivity contribution < 1.29 is 9.59 Å². The van der Waals surface area contributed by atoms with Crippen LogP contribution in [-0.4, -0.2) is 29.4 Å². The molecule has 148 valence electrons. The van der Waals surface area contributed by atoms with Gasteiger partial charge in [0, 0.05) is 12.4 Å². The summed E-state index contributed by atoms with van der Waals surface area (Å²) < 4.78 is 0. The van der Waals surface area contributed by atoms with E-state index in [0.717, 1.165) is 11.1 Å². The van der Waals surface area contributed by atoms with Crippen LogP contribution in [0.5, 0.6) is 0 Å². The number of amides is 2. The van der Waals surface area contributed by atoms with E-state index < -0.39 is 6.04 Å². The van der Waals surface area contributed by atoms with Crippen LogP contribution in [0.15, 0.2) is 54.9 Å². The predicted octanol–water partition coefficient (Wildman–Crippen LogP) is 2.23. The molecule has 0 bridgehead atoms. The monoisotopic (exact) mass is 412 g/mol. The van der Waals surface area contributed by atoms with Gasteiger partial charge in [0.2, 0.25) is 11.8 Å². The highest BCUT2D eigenvalue weighted by molar-refractivity contribution is 5.87. The molecule has 4 N–H and O–H groups in total. The second-order valence-electron chi connectivity index (χ2n) is 6.18. The summed E-state index contributed by atoms with van der Waals surface area (Å²) in [4.78, 5) is 28.2. The molecule has 0 aliphatic carbocycles. The van der Waals surface area contributed by atoms with E-state index in [9.17, 15) is 9.59 Å². The van der Waals surface area contributed by atoms with Crippen LogP contribution < -0.4 is 16.4 Å². The molecule has 2 atom stereocenters. The van der Waals surface area contributed by atoms with Gasteiger partial charge in [-0.1, -0.05) is 44.2 Å². The zero-order chi connectivity index (χ0) is 18.2. The maximum Gasteiger partial charge on any atom is 0.240 e. The van der Waals surface area contributed by atoms with Crippen molar-refractivity contribution in [3.8, 4) is 0 Å². The molecule has 1 heterocycles. The standard InChI is InChI=1S/C19H24N4O2.2ClH/c1-13(2)17(20)19(25)22-12-16(24)23-18(14-6-4-3-5-7-14)15-8-10-21-11-9-15;;/h3-11,13,17-18H,12,20H2,1-2H3,(H,22,25)(H,23,24);2*1H/t17-,18?;;/m0../s1. The maximum absolute atomic E-state index is 12.3. The fourth-order valence-corrected chi connectivity index (χ4v) is 2.36. The summed E-state index contributed by atoms with van der Waals surface area (Å²) in [6.07, 6.45) is 3.36. The molecule has 27 heavy (non-hydrogen) atoms. The largest absolute Gasteiger partial charge is 0.346 e. The lowest BCUT2D eigenvalue weighted by molar-refractivity contribution is -0.127. The average Bonchev–Trinajstić information content (AvgIpc) is 2.64. The number of hydrogen-bond acceptors (Lipinski definition) is 4. The van der Waals surface area contributed by atoms with Crippen LogP contribution in [0.1, 0.15) is 31.0 Å². The topological polar surface area (TPSA) is 97.1 Å². The predicted molar refractivity (Wildman–Crippen MR) is 111 cm³/mol. The molecule has 1 aromatic heterocycles. The molecule has 0 saturated carbocycles. The van der Waals surface area contributed by atoms with E-state index in [1.807, 2.05) is 56.3 Å². The molecule has 0 aliphatic heterocycles. The summed E-state index contributed by atoms with van der Waals surface area (Å²) in [7, 11) is 0. The minimum Gasteiger partial charge on any atom is -0.346 e. The first kappa shape index (κ1) is 24.8. The highest BCUT2D eigenvalue weighted by Gasteiger charge is 2.20. The first-order valence-corrected chi connectivity index (χ1v) is 8.26. The second-order valence-corrected chi connectivity index (χ2v) is 6.18. The van der Waals surface area contributed by atoms with Crippen LogP contribution in [0.3, 0.4) is 0 Å². The highest BCUT2D eigenvalue weighted by Crippen LogP contribution is 2.21. The van der Waals surface area contributed by atoms with Crippen molar-refractivity contribution in [1.29, 1.82) is 0 Å². The Morgan fingerprint density at radius 1 is 1.00 bits per heavy atom.